The molecule has 3 N–H and O–H groups in total. The molecule has 1 aliphatic rings. The molecular formula is C19H21BF2N2O6. The second-order valence-corrected chi connectivity index (χ2v) is 7.11. The van der Waals surface area contributed by atoms with Gasteiger partial charge < -0.3 is 29.4 Å². The molecule has 0 bridgehead atoms. The molecule has 2 aromatic rings. The lowest BCUT2D eigenvalue weighted by atomic mass is 9.76. The number of fused-ring (bicyclic) bond motifs is 1. The molecule has 1 fully saturated rings. The van der Waals surface area contributed by atoms with E-state index in [0.29, 0.717) is 11.1 Å². The fourth-order valence-corrected chi connectivity index (χ4v) is 3.45. The zero-order chi connectivity index (χ0) is 21.9. The number of ether oxygens (including phenoxy) is 1. The first-order valence-corrected chi connectivity index (χ1v) is 9.25. The monoisotopic (exact) mass is 422 g/mol. The van der Waals surface area contributed by atoms with E-state index in [0.717, 1.165) is 16.4 Å². The zero-order valence-electron chi connectivity index (χ0n) is 16.0. The minimum Gasteiger partial charge on any atom is -0.464 e. The van der Waals surface area contributed by atoms with Gasteiger partial charge in [-0.15, -0.1) is 0 Å². The number of nitrogens with one attached hydrogen (secondary N) is 1. The van der Waals surface area contributed by atoms with Crippen molar-refractivity contribution in [2.75, 3.05) is 13.2 Å². The smallest absolute Gasteiger partial charge is 0.464 e. The number of halogens is 2. The highest BCUT2D eigenvalue weighted by Gasteiger charge is 2.47. The van der Waals surface area contributed by atoms with Crippen LogP contribution in [-0.4, -0.2) is 65.1 Å². The van der Waals surface area contributed by atoms with E-state index in [1.807, 2.05) is 0 Å². The lowest BCUT2D eigenvalue weighted by molar-refractivity contribution is -0.128. The van der Waals surface area contributed by atoms with Gasteiger partial charge in [0.05, 0.1) is 24.8 Å². The fourth-order valence-electron chi connectivity index (χ4n) is 3.45. The molecule has 0 aliphatic carbocycles. The van der Waals surface area contributed by atoms with E-state index in [4.69, 9.17) is 9.15 Å². The van der Waals surface area contributed by atoms with Crippen molar-refractivity contribution in [3.8, 4) is 0 Å². The Morgan fingerprint density at radius 1 is 1.43 bits per heavy atom. The second kappa shape index (κ2) is 8.84. The third-order valence-electron chi connectivity index (χ3n) is 4.91. The predicted molar refractivity (Wildman–Crippen MR) is 104 cm³/mol. The molecule has 30 heavy (non-hydrogen) atoms. The number of hydrogen-bond donors (Lipinski definition) is 3. The summed E-state index contributed by atoms with van der Waals surface area (Å²) in [5, 5.41) is 22.3. The van der Waals surface area contributed by atoms with Gasteiger partial charge in [-0.1, -0.05) is 24.8 Å². The molecule has 2 amide bonds. The average molecular weight is 422 g/mol. The van der Waals surface area contributed by atoms with Gasteiger partial charge >= 0.3 is 13.2 Å². The van der Waals surface area contributed by atoms with E-state index in [9.17, 15) is 28.4 Å². The van der Waals surface area contributed by atoms with Crippen molar-refractivity contribution < 1.29 is 37.6 Å². The van der Waals surface area contributed by atoms with E-state index < -0.39 is 56.6 Å². The molecule has 11 heteroatoms. The molecule has 0 radical (unpaired) electrons. The Bertz CT molecular complexity index is 935. The lowest BCUT2D eigenvalue weighted by Gasteiger charge is -2.23. The van der Waals surface area contributed by atoms with E-state index in [-0.39, 0.29) is 6.42 Å². The quantitative estimate of drug-likeness (QED) is 0.461. The van der Waals surface area contributed by atoms with E-state index in [1.165, 1.54) is 6.26 Å². The first kappa shape index (κ1) is 21.8. The van der Waals surface area contributed by atoms with Crippen LogP contribution in [0.25, 0.3) is 11.0 Å². The van der Waals surface area contributed by atoms with Crippen molar-refractivity contribution in [2.45, 2.75) is 30.7 Å². The van der Waals surface area contributed by atoms with Crippen LogP contribution in [0.5, 0.6) is 0 Å². The molecule has 8 nitrogen and oxygen atoms in total. The van der Waals surface area contributed by atoms with Crippen molar-refractivity contribution >= 4 is 30.1 Å². The largest absolute Gasteiger partial charge is 0.475 e. The number of alkyl carbamates (subject to hydrolysis) is 1. The Kier molecular flexibility index (Phi) is 6.42. The van der Waals surface area contributed by atoms with Gasteiger partial charge in [0, 0.05) is 11.8 Å². The number of para-hydroxylation sites is 1. The highest BCUT2D eigenvalue weighted by molar-refractivity contribution is 6.43. The summed E-state index contributed by atoms with van der Waals surface area (Å²) < 4.78 is 37.7. The van der Waals surface area contributed by atoms with Crippen LogP contribution < -0.4 is 5.32 Å². The molecule has 2 atom stereocenters. The van der Waals surface area contributed by atoms with Crippen LogP contribution in [0.15, 0.2) is 47.6 Å². The van der Waals surface area contributed by atoms with Gasteiger partial charge in [-0.05, 0) is 24.1 Å². The third-order valence-corrected chi connectivity index (χ3v) is 4.91. The molecule has 0 saturated carbocycles. The number of carbonyl (C=O) groups excluding carboxylic acids is 2. The number of benzene rings is 1. The Hall–Kier alpha value is -2.92. The van der Waals surface area contributed by atoms with Crippen LogP contribution in [0.1, 0.15) is 12.0 Å². The molecule has 1 aromatic heterocycles. The summed E-state index contributed by atoms with van der Waals surface area (Å²) in [6.45, 7) is 2.03. The summed E-state index contributed by atoms with van der Waals surface area (Å²) in [6, 6.07) is 6.11. The molecule has 1 unspecified atom stereocenters. The minimum absolute atomic E-state index is 0.0341. The molecular weight excluding hydrogens is 401 g/mol. The van der Waals surface area contributed by atoms with Crippen LogP contribution in [-0.2, 0) is 16.0 Å². The lowest BCUT2D eigenvalue weighted by Crippen LogP contribution is -2.48. The van der Waals surface area contributed by atoms with Gasteiger partial charge in [-0.25, -0.2) is 13.6 Å². The van der Waals surface area contributed by atoms with Crippen LogP contribution in [0.4, 0.5) is 13.6 Å². The Morgan fingerprint density at radius 2 is 2.17 bits per heavy atom. The van der Waals surface area contributed by atoms with E-state index in [1.54, 1.807) is 24.3 Å². The van der Waals surface area contributed by atoms with Gasteiger partial charge in [0.15, 0.2) is 0 Å². The summed E-state index contributed by atoms with van der Waals surface area (Å²) in [7, 11) is -1.90. The Balaban J connectivity index is 1.60. The van der Waals surface area contributed by atoms with Crippen LogP contribution in [0.3, 0.4) is 0 Å². The van der Waals surface area contributed by atoms with Crippen LogP contribution in [0, 0.1) is 0 Å². The van der Waals surface area contributed by atoms with Crippen LogP contribution in [0.2, 0.25) is 0 Å². The van der Waals surface area contributed by atoms with Crippen molar-refractivity contribution in [3.05, 3.63) is 48.7 Å². The molecule has 1 aromatic carbocycles. The molecule has 3 rings (SSSR count). The SMILES string of the molecule is C=CC(=O)N1CC(F)(F)CC1COC(=O)N[C@@H](Cc1coc2ccccc12)B(O)O. The highest BCUT2D eigenvalue weighted by Crippen LogP contribution is 2.32. The standard InChI is InChI=1S/C19H21BF2N2O6/c1-2-17(25)24-11-19(21,22)8-13(24)10-30-18(26)23-16(20(27)28)7-12-9-29-15-6-4-3-5-14(12)15/h2-6,9,13,16,27-28H,1,7-8,10-11H2,(H,23,26)/t13?,16-/m0/s1. The number of rotatable bonds is 7. The first-order chi connectivity index (χ1) is 14.2. The summed E-state index contributed by atoms with van der Waals surface area (Å²) in [5.74, 6) is -4.90. The second-order valence-electron chi connectivity index (χ2n) is 7.11. The van der Waals surface area contributed by atoms with Gasteiger partial charge in [-0.3, -0.25) is 4.79 Å². The number of hydrogen-bond acceptors (Lipinski definition) is 6. The maximum Gasteiger partial charge on any atom is 0.475 e. The van der Waals surface area contributed by atoms with Gasteiger partial charge in [0.2, 0.25) is 5.91 Å². The van der Waals surface area contributed by atoms with Crippen molar-refractivity contribution in [1.29, 1.82) is 0 Å². The predicted octanol–water partition coefficient (Wildman–Crippen LogP) is 1.50. The summed E-state index contributed by atoms with van der Waals surface area (Å²) in [6.07, 6.45) is 0.732. The number of furan rings is 1. The number of nitrogens with zero attached hydrogens (tertiary/aromatic N) is 1. The van der Waals surface area contributed by atoms with E-state index >= 15 is 0 Å². The molecule has 1 saturated heterocycles. The molecule has 0 spiro atoms. The number of carbonyl (C=O) groups is 2. The topological polar surface area (TPSA) is 112 Å². The van der Waals surface area contributed by atoms with Gasteiger partial charge in [0.1, 0.15) is 12.2 Å². The number of amides is 2. The molecule has 160 valence electrons. The maximum absolute atomic E-state index is 13.7. The summed E-state index contributed by atoms with van der Waals surface area (Å²) in [4.78, 5) is 24.8. The third kappa shape index (κ3) is 4.97. The minimum atomic E-state index is -3.09. The van der Waals surface area contributed by atoms with Crippen LogP contribution >= 0.6 is 0 Å². The Labute approximate surface area is 171 Å². The van der Waals surface area contributed by atoms with Gasteiger partial charge in [0.25, 0.3) is 5.92 Å². The summed E-state index contributed by atoms with van der Waals surface area (Å²) in [5.41, 5.74) is 1.25. The maximum atomic E-state index is 13.7. The first-order valence-electron chi connectivity index (χ1n) is 9.25. The van der Waals surface area contributed by atoms with Crippen molar-refractivity contribution in [1.82, 2.24) is 10.2 Å². The van der Waals surface area contributed by atoms with E-state index in [2.05, 4.69) is 11.9 Å². The number of alkyl halides is 2. The fraction of sp³-hybridized carbons (Fsp3) is 0.368. The Morgan fingerprint density at radius 3 is 2.87 bits per heavy atom. The van der Waals surface area contributed by atoms with Crippen molar-refractivity contribution in [2.24, 2.45) is 0 Å². The zero-order valence-corrected chi connectivity index (χ0v) is 16.0. The normalized spacial score (nSPS) is 18.8. The van der Waals surface area contributed by atoms with Crippen molar-refractivity contribution in [3.63, 3.8) is 0 Å². The summed E-state index contributed by atoms with van der Waals surface area (Å²) >= 11 is 0. The number of likely N-dealkylation sites (tertiary alicyclic amines) is 1. The molecule has 1 aliphatic heterocycles. The highest BCUT2D eigenvalue weighted by atomic mass is 19.3. The molecule has 2 heterocycles. The average Bonchev–Trinajstić information content (AvgIpc) is 3.25. The van der Waals surface area contributed by atoms with Gasteiger partial charge in [-0.2, -0.15) is 0 Å².